The molecular weight excluding hydrogens is 417 g/mol. The highest BCUT2D eigenvalue weighted by Crippen LogP contribution is 2.37. The van der Waals surface area contributed by atoms with Crippen molar-refractivity contribution in [3.8, 4) is 0 Å². The minimum Gasteiger partial charge on any atom is -0.462 e. The number of alkyl halides is 3. The number of carbonyl (C=O) groups excluding carboxylic acids is 2. The number of esters is 1. The number of fused-ring (bicyclic) bond motifs is 1. The van der Waals surface area contributed by atoms with E-state index < -0.39 is 18.1 Å². The van der Waals surface area contributed by atoms with E-state index in [2.05, 4.69) is 13.2 Å². The number of amides is 1. The number of anilines is 2. The molecule has 0 bridgehead atoms. The molecule has 164 valence electrons. The highest BCUT2D eigenvalue weighted by Gasteiger charge is 2.39. The zero-order chi connectivity index (χ0) is 22.9. The topological polar surface area (TPSA) is 58.6 Å². The average Bonchev–Trinajstić information content (AvgIpc) is 3.11. The van der Waals surface area contributed by atoms with E-state index in [1.165, 1.54) is 12.1 Å². The Kier molecular flexibility index (Phi) is 9.58. The van der Waals surface area contributed by atoms with Crippen LogP contribution in [0.4, 0.5) is 24.5 Å². The lowest BCUT2D eigenvalue weighted by Crippen LogP contribution is -2.31. The molecule has 0 saturated carbocycles. The maximum Gasteiger partial charge on any atom is 0.471 e. The largest absolute Gasteiger partial charge is 0.471 e. The number of hydrogen-bond donors (Lipinski definition) is 1. The van der Waals surface area contributed by atoms with Crippen molar-refractivity contribution in [2.24, 2.45) is 0 Å². The molecule has 2 aromatic rings. The van der Waals surface area contributed by atoms with Crippen LogP contribution in [-0.2, 0) is 9.53 Å². The van der Waals surface area contributed by atoms with Crippen LogP contribution in [0.5, 0.6) is 0 Å². The van der Waals surface area contributed by atoms with E-state index in [0.29, 0.717) is 33.7 Å². The molecule has 1 amide bonds. The van der Waals surface area contributed by atoms with Gasteiger partial charge in [0.2, 0.25) is 0 Å². The van der Waals surface area contributed by atoms with Crippen LogP contribution in [0.3, 0.4) is 0 Å². The number of carbonyl (C=O) groups is 2. The molecule has 9 heteroatoms. The van der Waals surface area contributed by atoms with Crippen LogP contribution >= 0.6 is 11.3 Å². The molecule has 1 aromatic heterocycles. The van der Waals surface area contributed by atoms with Crippen molar-refractivity contribution in [1.82, 2.24) is 0 Å². The molecular formula is C21H25F3N2O3S. The minimum absolute atomic E-state index is 0.0215. The van der Waals surface area contributed by atoms with E-state index in [1.807, 2.05) is 19.2 Å². The smallest absolute Gasteiger partial charge is 0.462 e. The van der Waals surface area contributed by atoms with Gasteiger partial charge in [-0.15, -0.1) is 24.5 Å². The first-order chi connectivity index (χ1) is 14.2. The van der Waals surface area contributed by atoms with Gasteiger partial charge in [0.1, 0.15) is 4.88 Å². The van der Waals surface area contributed by atoms with Gasteiger partial charge >= 0.3 is 18.1 Å². The number of halogens is 3. The Morgan fingerprint density at radius 1 is 1.17 bits per heavy atom. The minimum atomic E-state index is -5.03. The highest BCUT2D eigenvalue weighted by molar-refractivity contribution is 7.20. The second kappa shape index (κ2) is 11.4. The van der Waals surface area contributed by atoms with Gasteiger partial charge in [0.25, 0.3) is 0 Å². The summed E-state index contributed by atoms with van der Waals surface area (Å²) in [7, 11) is 0. The van der Waals surface area contributed by atoms with Gasteiger partial charge in [0.05, 0.1) is 18.0 Å². The van der Waals surface area contributed by atoms with Crippen molar-refractivity contribution in [2.45, 2.75) is 26.9 Å². The standard InChI is InChI=1S/C19H19F3N2O3S.C2H6/c1-4-7-24(8-5-2)14-11-15-12(10-16(28-15)17(25)27-6-3)9-13(14)23-18(26)19(20,21)22;1-2/h4-5,9-11H,1-2,6-8H2,3H3,(H,23,26);1-2H3. The summed E-state index contributed by atoms with van der Waals surface area (Å²) in [6, 6.07) is 4.56. The molecule has 0 unspecified atom stereocenters. The number of hydrogen-bond acceptors (Lipinski definition) is 5. The Morgan fingerprint density at radius 2 is 1.77 bits per heavy atom. The van der Waals surface area contributed by atoms with E-state index in [4.69, 9.17) is 4.74 Å². The number of benzene rings is 1. The molecule has 1 aromatic carbocycles. The van der Waals surface area contributed by atoms with E-state index in [9.17, 15) is 22.8 Å². The molecule has 0 spiro atoms. The van der Waals surface area contributed by atoms with Gasteiger partial charge in [-0.2, -0.15) is 13.2 Å². The third kappa shape index (κ3) is 6.35. The molecule has 2 rings (SSSR count). The number of nitrogens with one attached hydrogen (secondary N) is 1. The summed E-state index contributed by atoms with van der Waals surface area (Å²) >= 11 is 1.16. The quantitative estimate of drug-likeness (QED) is 0.416. The average molecular weight is 443 g/mol. The summed E-state index contributed by atoms with van der Waals surface area (Å²) in [4.78, 5) is 25.5. The number of thiophene rings is 1. The van der Waals surface area contributed by atoms with Gasteiger partial charge in [-0.1, -0.05) is 26.0 Å². The first-order valence-corrected chi connectivity index (χ1v) is 10.1. The molecule has 5 nitrogen and oxygen atoms in total. The summed E-state index contributed by atoms with van der Waals surface area (Å²) in [5, 5.41) is 2.44. The van der Waals surface area contributed by atoms with E-state index >= 15 is 0 Å². The molecule has 30 heavy (non-hydrogen) atoms. The van der Waals surface area contributed by atoms with Crippen LogP contribution in [0.25, 0.3) is 10.1 Å². The van der Waals surface area contributed by atoms with E-state index in [1.54, 1.807) is 30.0 Å². The molecule has 0 aliphatic carbocycles. The lowest BCUT2D eigenvalue weighted by molar-refractivity contribution is -0.167. The van der Waals surface area contributed by atoms with Crippen LogP contribution in [-0.4, -0.2) is 37.7 Å². The Balaban J connectivity index is 0.00000218. The predicted octanol–water partition coefficient (Wildman–Crippen LogP) is 5.78. The normalized spacial score (nSPS) is 10.6. The summed E-state index contributed by atoms with van der Waals surface area (Å²) < 4.78 is 43.9. The Bertz CT molecular complexity index is 897. The summed E-state index contributed by atoms with van der Waals surface area (Å²) in [6.45, 7) is 13.8. The Morgan fingerprint density at radius 3 is 2.27 bits per heavy atom. The Hall–Kier alpha value is -2.81. The molecule has 0 aliphatic rings. The van der Waals surface area contributed by atoms with E-state index in [-0.39, 0.29) is 12.3 Å². The number of ether oxygens (including phenoxy) is 1. The number of nitrogens with zero attached hydrogens (tertiary/aromatic N) is 1. The molecule has 0 fully saturated rings. The lowest BCUT2D eigenvalue weighted by atomic mass is 10.1. The van der Waals surface area contributed by atoms with Crippen molar-refractivity contribution < 1.29 is 27.5 Å². The van der Waals surface area contributed by atoms with Gasteiger partial charge in [0, 0.05) is 17.8 Å². The van der Waals surface area contributed by atoms with E-state index in [0.717, 1.165) is 11.3 Å². The van der Waals surface area contributed by atoms with Crippen molar-refractivity contribution in [1.29, 1.82) is 0 Å². The van der Waals surface area contributed by atoms with Gasteiger partial charge in [-0.25, -0.2) is 4.79 Å². The first-order valence-electron chi connectivity index (χ1n) is 9.30. The first kappa shape index (κ1) is 25.2. The van der Waals surface area contributed by atoms with Crippen molar-refractivity contribution >= 4 is 44.7 Å². The summed E-state index contributed by atoms with van der Waals surface area (Å²) in [5.41, 5.74) is 0.342. The van der Waals surface area contributed by atoms with Gasteiger partial charge in [0.15, 0.2) is 0 Å². The maximum absolute atomic E-state index is 12.8. The second-order valence-corrected chi connectivity index (χ2v) is 6.76. The summed E-state index contributed by atoms with van der Waals surface area (Å²) in [6.07, 6.45) is -1.86. The monoisotopic (exact) mass is 442 g/mol. The van der Waals surface area contributed by atoms with Crippen LogP contribution in [0.15, 0.2) is 43.5 Å². The Labute approximate surface area is 177 Å². The third-order valence-electron chi connectivity index (χ3n) is 3.66. The van der Waals surface area contributed by atoms with Crippen LogP contribution < -0.4 is 10.2 Å². The van der Waals surface area contributed by atoms with Crippen molar-refractivity contribution in [3.05, 3.63) is 48.4 Å². The molecule has 0 aliphatic heterocycles. The second-order valence-electron chi connectivity index (χ2n) is 5.67. The zero-order valence-electron chi connectivity index (χ0n) is 17.1. The predicted molar refractivity (Wildman–Crippen MR) is 116 cm³/mol. The van der Waals surface area contributed by atoms with Crippen molar-refractivity contribution in [2.75, 3.05) is 29.9 Å². The maximum atomic E-state index is 12.8. The van der Waals surface area contributed by atoms with Crippen LogP contribution in [0.1, 0.15) is 30.4 Å². The van der Waals surface area contributed by atoms with Crippen LogP contribution in [0.2, 0.25) is 0 Å². The molecule has 1 N–H and O–H groups in total. The van der Waals surface area contributed by atoms with Gasteiger partial charge in [-0.3, -0.25) is 4.79 Å². The number of rotatable bonds is 8. The van der Waals surface area contributed by atoms with Gasteiger partial charge in [-0.05, 0) is 30.5 Å². The fraction of sp³-hybridized carbons (Fsp3) is 0.333. The van der Waals surface area contributed by atoms with Gasteiger partial charge < -0.3 is 15.0 Å². The zero-order valence-corrected chi connectivity index (χ0v) is 18.0. The molecule has 1 heterocycles. The summed E-state index contributed by atoms with van der Waals surface area (Å²) in [5.74, 6) is -2.59. The molecule has 0 radical (unpaired) electrons. The van der Waals surface area contributed by atoms with Crippen LogP contribution in [0, 0.1) is 0 Å². The lowest BCUT2D eigenvalue weighted by Gasteiger charge is -2.25. The fourth-order valence-corrected chi connectivity index (χ4v) is 3.49. The van der Waals surface area contributed by atoms with Crippen molar-refractivity contribution in [3.63, 3.8) is 0 Å². The fourth-order valence-electron chi connectivity index (χ4n) is 2.52. The molecule has 0 saturated heterocycles. The third-order valence-corrected chi connectivity index (χ3v) is 4.73. The highest BCUT2D eigenvalue weighted by atomic mass is 32.1. The molecule has 0 atom stereocenters. The SMILES string of the molecule is C=CCN(CC=C)c1cc2sc(C(=O)OCC)cc2cc1NC(=O)C(F)(F)F.CC.